The van der Waals surface area contributed by atoms with Crippen LogP contribution in [-0.4, -0.2) is 12.8 Å². The van der Waals surface area contributed by atoms with E-state index in [-0.39, 0.29) is 0 Å². The van der Waals surface area contributed by atoms with Crippen LogP contribution in [0, 0.1) is 0 Å². The highest BCUT2D eigenvalue weighted by atomic mass is 31.1. The van der Waals surface area contributed by atoms with Crippen LogP contribution in [0.4, 0.5) is 0 Å². The van der Waals surface area contributed by atoms with E-state index in [1.807, 2.05) is 6.92 Å². The van der Waals surface area contributed by atoms with Crippen LogP contribution < -0.4 is 0 Å². The largest absolute Gasteiger partial charge is 0.507 e. The first kappa shape index (κ1) is 12.1. The molecule has 0 aliphatic carbocycles. The van der Waals surface area contributed by atoms with Crippen molar-refractivity contribution in [3.8, 4) is 0 Å². The molecule has 72 valence electrons. The summed E-state index contributed by atoms with van der Waals surface area (Å²) in [5.74, 6) is 0. The zero-order chi connectivity index (χ0) is 9.23. The Hall–Kier alpha value is 0.0600. The van der Waals surface area contributed by atoms with Crippen molar-refractivity contribution in [2.24, 2.45) is 0 Å². The first-order valence-corrected chi connectivity index (χ1v) is 6.25. The van der Waals surface area contributed by atoms with Gasteiger partial charge in [-0.15, -0.1) is 4.52 Å². The maximum absolute atomic E-state index is 10.8. The second-order valence-corrected chi connectivity index (χ2v) is 4.45. The summed E-state index contributed by atoms with van der Waals surface area (Å²) in [4.78, 5) is 0. The quantitative estimate of drug-likeness (QED) is 0.431. The van der Waals surface area contributed by atoms with Crippen molar-refractivity contribution < 1.29 is 9.09 Å². The van der Waals surface area contributed by atoms with Gasteiger partial charge in [0.2, 0.25) is 0 Å². The summed E-state index contributed by atoms with van der Waals surface area (Å²) in [6.07, 6.45) is 6.76. The van der Waals surface area contributed by atoms with E-state index in [4.69, 9.17) is 4.52 Å². The molecule has 0 saturated heterocycles. The SMILES string of the molecule is CCCCCCCO[P+](=O)CC. The van der Waals surface area contributed by atoms with E-state index in [2.05, 4.69) is 6.92 Å². The molecule has 0 aromatic rings. The molecule has 3 heteroatoms. The standard InChI is InChI=1S/C9H20O2P/c1-3-5-6-7-8-9-11-12(10)4-2/h3-9H2,1-2H3/q+1. The predicted molar refractivity (Wildman–Crippen MR) is 52.9 cm³/mol. The molecule has 0 aliphatic rings. The summed E-state index contributed by atoms with van der Waals surface area (Å²) in [7, 11) is -1.35. The minimum absolute atomic E-state index is 0.643. The second kappa shape index (κ2) is 9.15. The van der Waals surface area contributed by atoms with Crippen LogP contribution in [-0.2, 0) is 9.09 Å². The number of hydrogen-bond acceptors (Lipinski definition) is 2. The highest BCUT2D eigenvalue weighted by Gasteiger charge is 2.11. The third-order valence-corrected chi connectivity index (χ3v) is 2.73. The fraction of sp³-hybridized carbons (Fsp3) is 1.00. The maximum Gasteiger partial charge on any atom is 0.507 e. The number of rotatable bonds is 8. The average molecular weight is 191 g/mol. The van der Waals surface area contributed by atoms with Gasteiger partial charge in [-0.3, -0.25) is 0 Å². The number of hydrogen-bond donors (Lipinski definition) is 0. The van der Waals surface area contributed by atoms with Gasteiger partial charge >= 0.3 is 8.03 Å². The van der Waals surface area contributed by atoms with Crippen molar-refractivity contribution in [3.05, 3.63) is 0 Å². The Morgan fingerprint density at radius 1 is 1.08 bits per heavy atom. The van der Waals surface area contributed by atoms with Gasteiger partial charge in [0.15, 0.2) is 6.16 Å². The number of unbranched alkanes of at least 4 members (excludes halogenated alkanes) is 4. The van der Waals surface area contributed by atoms with Crippen molar-refractivity contribution in [2.45, 2.75) is 46.0 Å². The Labute approximate surface area is 76.6 Å². The van der Waals surface area contributed by atoms with Gasteiger partial charge in [0, 0.05) is 0 Å². The lowest BCUT2D eigenvalue weighted by Gasteiger charge is -1.95. The van der Waals surface area contributed by atoms with Crippen LogP contribution in [0.2, 0.25) is 0 Å². The highest BCUT2D eigenvalue weighted by Crippen LogP contribution is 2.21. The van der Waals surface area contributed by atoms with E-state index < -0.39 is 8.03 Å². The van der Waals surface area contributed by atoms with E-state index in [0.717, 1.165) is 6.42 Å². The Bertz CT molecular complexity index is 115. The van der Waals surface area contributed by atoms with E-state index in [0.29, 0.717) is 12.8 Å². The van der Waals surface area contributed by atoms with Crippen LogP contribution in [0.5, 0.6) is 0 Å². The molecule has 1 atom stereocenters. The van der Waals surface area contributed by atoms with Crippen LogP contribution in [0.1, 0.15) is 46.0 Å². The van der Waals surface area contributed by atoms with Crippen molar-refractivity contribution in [2.75, 3.05) is 12.8 Å². The molecule has 0 N–H and O–H groups in total. The first-order chi connectivity index (χ1) is 5.81. The molecule has 0 bridgehead atoms. The Balaban J connectivity index is 2.95. The lowest BCUT2D eigenvalue weighted by Crippen LogP contribution is -1.87. The van der Waals surface area contributed by atoms with Gasteiger partial charge in [-0.25, -0.2) is 0 Å². The molecular formula is C9H20O2P+. The summed E-state index contributed by atoms with van der Waals surface area (Å²) in [5.41, 5.74) is 0. The fourth-order valence-corrected chi connectivity index (χ4v) is 1.48. The normalized spacial score (nSPS) is 11.7. The molecule has 0 aliphatic heterocycles. The fourth-order valence-electron chi connectivity index (χ4n) is 0.963. The third-order valence-electron chi connectivity index (χ3n) is 1.74. The minimum Gasteiger partial charge on any atom is -0.146 e. The minimum atomic E-state index is -1.35. The van der Waals surface area contributed by atoms with Gasteiger partial charge in [-0.05, 0) is 17.9 Å². The highest BCUT2D eigenvalue weighted by molar-refractivity contribution is 7.39. The lowest BCUT2D eigenvalue weighted by atomic mass is 10.2. The van der Waals surface area contributed by atoms with Gasteiger partial charge in [-0.1, -0.05) is 32.6 Å². The third kappa shape index (κ3) is 8.16. The lowest BCUT2D eigenvalue weighted by molar-refractivity contribution is 0.316. The van der Waals surface area contributed by atoms with E-state index >= 15 is 0 Å². The summed E-state index contributed by atoms with van der Waals surface area (Å²) in [5, 5.41) is 0. The summed E-state index contributed by atoms with van der Waals surface area (Å²) in [6.45, 7) is 4.76. The molecular weight excluding hydrogens is 171 g/mol. The Kier molecular flexibility index (Phi) is 9.20. The van der Waals surface area contributed by atoms with Crippen molar-refractivity contribution in [1.82, 2.24) is 0 Å². The van der Waals surface area contributed by atoms with E-state index in [9.17, 15) is 4.57 Å². The molecule has 12 heavy (non-hydrogen) atoms. The molecule has 0 radical (unpaired) electrons. The topological polar surface area (TPSA) is 26.3 Å². The van der Waals surface area contributed by atoms with Gasteiger partial charge < -0.3 is 0 Å². The van der Waals surface area contributed by atoms with Gasteiger partial charge in [0.25, 0.3) is 0 Å². The molecule has 0 spiro atoms. The van der Waals surface area contributed by atoms with Crippen molar-refractivity contribution in [3.63, 3.8) is 0 Å². The Morgan fingerprint density at radius 3 is 2.33 bits per heavy atom. The average Bonchev–Trinajstić information content (AvgIpc) is 2.10. The van der Waals surface area contributed by atoms with Crippen LogP contribution >= 0.6 is 8.03 Å². The molecule has 0 rings (SSSR count). The molecule has 0 amide bonds. The van der Waals surface area contributed by atoms with E-state index in [1.165, 1.54) is 25.7 Å². The second-order valence-electron chi connectivity index (χ2n) is 2.90. The van der Waals surface area contributed by atoms with Crippen molar-refractivity contribution >= 4 is 8.03 Å². The van der Waals surface area contributed by atoms with Gasteiger partial charge in [0.05, 0.1) is 0 Å². The summed E-state index contributed by atoms with van der Waals surface area (Å²) in [6, 6.07) is 0. The van der Waals surface area contributed by atoms with Crippen LogP contribution in [0.3, 0.4) is 0 Å². The molecule has 0 heterocycles. The molecule has 0 aromatic heterocycles. The van der Waals surface area contributed by atoms with Gasteiger partial charge in [0.1, 0.15) is 6.61 Å². The van der Waals surface area contributed by atoms with Crippen LogP contribution in [0.25, 0.3) is 0 Å². The predicted octanol–water partition coefficient (Wildman–Crippen LogP) is 3.74. The zero-order valence-corrected chi connectivity index (χ0v) is 9.11. The molecule has 0 aromatic carbocycles. The zero-order valence-electron chi connectivity index (χ0n) is 8.21. The van der Waals surface area contributed by atoms with E-state index in [1.54, 1.807) is 0 Å². The summed E-state index contributed by atoms with van der Waals surface area (Å²) < 4.78 is 15.9. The molecule has 0 fully saturated rings. The monoisotopic (exact) mass is 191 g/mol. The summed E-state index contributed by atoms with van der Waals surface area (Å²) >= 11 is 0. The maximum atomic E-state index is 10.8. The molecule has 1 unspecified atom stereocenters. The molecule has 2 nitrogen and oxygen atoms in total. The smallest absolute Gasteiger partial charge is 0.146 e. The Morgan fingerprint density at radius 2 is 1.75 bits per heavy atom. The van der Waals surface area contributed by atoms with Crippen LogP contribution in [0.15, 0.2) is 0 Å². The first-order valence-electron chi connectivity index (χ1n) is 4.88. The van der Waals surface area contributed by atoms with Crippen molar-refractivity contribution in [1.29, 1.82) is 0 Å². The van der Waals surface area contributed by atoms with Gasteiger partial charge in [-0.2, -0.15) is 0 Å². The molecule has 0 saturated carbocycles.